The van der Waals surface area contributed by atoms with Gasteiger partial charge in [0.1, 0.15) is 12.4 Å². The molecule has 0 fully saturated rings. The van der Waals surface area contributed by atoms with E-state index in [2.05, 4.69) is 5.32 Å². The van der Waals surface area contributed by atoms with Crippen LogP contribution in [-0.2, 0) is 24.3 Å². The number of ketones is 1. The number of amides is 1. The molecular formula is C18H17FN2O6S. The van der Waals surface area contributed by atoms with Gasteiger partial charge in [0.05, 0.1) is 4.90 Å². The number of ether oxygens (including phenoxy) is 1. The number of carbonyl (C=O) groups is 3. The maximum atomic E-state index is 12.8. The lowest BCUT2D eigenvalue weighted by Crippen LogP contribution is -2.32. The van der Waals surface area contributed by atoms with Gasteiger partial charge < -0.3 is 10.1 Å². The molecular weight excluding hydrogens is 391 g/mol. The quantitative estimate of drug-likeness (QED) is 0.505. The number of hydrogen-bond acceptors (Lipinski definition) is 6. The van der Waals surface area contributed by atoms with Crippen LogP contribution in [0.25, 0.3) is 0 Å². The van der Waals surface area contributed by atoms with E-state index in [1.165, 1.54) is 13.0 Å². The lowest BCUT2D eigenvalue weighted by Gasteiger charge is -2.09. The molecule has 8 nitrogen and oxygen atoms in total. The van der Waals surface area contributed by atoms with Crippen LogP contribution in [0.3, 0.4) is 0 Å². The molecule has 0 saturated heterocycles. The number of rotatable bonds is 8. The summed E-state index contributed by atoms with van der Waals surface area (Å²) in [6, 6.07) is 10.2. The van der Waals surface area contributed by atoms with Gasteiger partial charge in [-0.2, -0.15) is 4.72 Å². The summed E-state index contributed by atoms with van der Waals surface area (Å²) in [6.07, 6.45) is 0. The second-order valence-electron chi connectivity index (χ2n) is 5.62. The summed E-state index contributed by atoms with van der Waals surface area (Å²) in [7, 11) is -4.02. The van der Waals surface area contributed by atoms with Crippen LogP contribution in [0.15, 0.2) is 53.4 Å². The van der Waals surface area contributed by atoms with E-state index < -0.39 is 40.9 Å². The molecule has 0 aliphatic rings. The molecule has 148 valence electrons. The third-order valence-corrected chi connectivity index (χ3v) is 4.86. The van der Waals surface area contributed by atoms with Crippen LogP contribution in [-0.4, -0.2) is 39.2 Å². The van der Waals surface area contributed by atoms with Crippen LogP contribution in [0.2, 0.25) is 0 Å². The van der Waals surface area contributed by atoms with Crippen molar-refractivity contribution in [1.29, 1.82) is 0 Å². The Kier molecular flexibility index (Phi) is 6.96. The summed E-state index contributed by atoms with van der Waals surface area (Å²) in [5.41, 5.74) is 0.760. The van der Waals surface area contributed by atoms with Crippen LogP contribution in [0.1, 0.15) is 17.3 Å². The normalized spacial score (nSPS) is 10.9. The van der Waals surface area contributed by atoms with E-state index in [0.717, 1.165) is 24.3 Å². The SMILES string of the molecule is CC(=O)c1cccc(NC(=O)COC(=O)CNS(=O)(=O)c2ccc(F)cc2)c1. The van der Waals surface area contributed by atoms with Crippen molar-refractivity contribution >= 4 is 33.4 Å². The molecule has 1 amide bonds. The predicted molar refractivity (Wildman–Crippen MR) is 97.6 cm³/mol. The Balaban J connectivity index is 1.82. The van der Waals surface area contributed by atoms with Crippen LogP contribution in [0.5, 0.6) is 0 Å². The molecule has 2 rings (SSSR count). The van der Waals surface area contributed by atoms with Gasteiger partial charge in [0, 0.05) is 11.3 Å². The summed E-state index contributed by atoms with van der Waals surface area (Å²) in [4.78, 5) is 34.5. The molecule has 0 radical (unpaired) electrons. The molecule has 10 heteroatoms. The molecule has 0 unspecified atom stereocenters. The Hall–Kier alpha value is -3.11. The second-order valence-corrected chi connectivity index (χ2v) is 7.39. The average Bonchev–Trinajstić information content (AvgIpc) is 2.65. The van der Waals surface area contributed by atoms with E-state index in [0.29, 0.717) is 11.3 Å². The van der Waals surface area contributed by atoms with Crippen molar-refractivity contribution in [3.05, 3.63) is 59.9 Å². The van der Waals surface area contributed by atoms with E-state index >= 15 is 0 Å². The number of carbonyl (C=O) groups excluding carboxylic acids is 3. The minimum absolute atomic E-state index is 0.170. The van der Waals surface area contributed by atoms with Gasteiger partial charge in [-0.25, -0.2) is 12.8 Å². The number of halogens is 1. The Morgan fingerprint density at radius 1 is 1.07 bits per heavy atom. The monoisotopic (exact) mass is 408 g/mol. The molecule has 2 aromatic carbocycles. The number of anilines is 1. The number of hydrogen-bond donors (Lipinski definition) is 2. The standard InChI is InChI=1S/C18H17FN2O6S/c1-12(22)13-3-2-4-15(9-13)21-17(23)11-27-18(24)10-20-28(25,26)16-7-5-14(19)6-8-16/h2-9,20H,10-11H2,1H3,(H,21,23). The predicted octanol–water partition coefficient (Wildman–Crippen LogP) is 1.49. The summed E-state index contributed by atoms with van der Waals surface area (Å²) < 4.78 is 43.5. The fraction of sp³-hybridized carbons (Fsp3) is 0.167. The van der Waals surface area contributed by atoms with Crippen molar-refractivity contribution in [2.45, 2.75) is 11.8 Å². The highest BCUT2D eigenvalue weighted by atomic mass is 32.2. The highest BCUT2D eigenvalue weighted by Crippen LogP contribution is 2.11. The third-order valence-electron chi connectivity index (χ3n) is 3.45. The smallest absolute Gasteiger partial charge is 0.321 e. The van der Waals surface area contributed by atoms with Crippen molar-refractivity contribution in [3.8, 4) is 0 Å². The lowest BCUT2D eigenvalue weighted by atomic mass is 10.1. The highest BCUT2D eigenvalue weighted by Gasteiger charge is 2.17. The highest BCUT2D eigenvalue weighted by molar-refractivity contribution is 7.89. The van der Waals surface area contributed by atoms with Crippen LogP contribution in [0.4, 0.5) is 10.1 Å². The van der Waals surface area contributed by atoms with E-state index in [1.807, 2.05) is 4.72 Å². The topological polar surface area (TPSA) is 119 Å². The molecule has 0 spiro atoms. The molecule has 0 aliphatic carbocycles. The number of benzene rings is 2. The number of Topliss-reactive ketones (excluding diaryl/α,β-unsaturated/α-hetero) is 1. The molecule has 28 heavy (non-hydrogen) atoms. The molecule has 2 N–H and O–H groups in total. The average molecular weight is 408 g/mol. The Labute approximate surface area is 160 Å². The van der Waals surface area contributed by atoms with E-state index in [9.17, 15) is 27.2 Å². The maximum Gasteiger partial charge on any atom is 0.321 e. The van der Waals surface area contributed by atoms with Gasteiger partial charge in [0.2, 0.25) is 10.0 Å². The van der Waals surface area contributed by atoms with Crippen LogP contribution >= 0.6 is 0 Å². The van der Waals surface area contributed by atoms with Crippen LogP contribution < -0.4 is 10.0 Å². The summed E-state index contributed by atoms with van der Waals surface area (Å²) >= 11 is 0. The lowest BCUT2D eigenvalue weighted by molar-refractivity contribution is -0.146. The molecule has 0 aromatic heterocycles. The number of esters is 1. The Morgan fingerprint density at radius 2 is 1.75 bits per heavy atom. The van der Waals surface area contributed by atoms with E-state index in [-0.39, 0.29) is 10.7 Å². The molecule has 0 atom stereocenters. The van der Waals surface area contributed by atoms with Crippen molar-refractivity contribution < 1.29 is 31.9 Å². The van der Waals surface area contributed by atoms with Gasteiger partial charge in [-0.05, 0) is 43.3 Å². The largest absolute Gasteiger partial charge is 0.455 e. The summed E-state index contributed by atoms with van der Waals surface area (Å²) in [5, 5.41) is 2.45. The van der Waals surface area contributed by atoms with Crippen molar-refractivity contribution in [2.24, 2.45) is 0 Å². The first-order valence-electron chi connectivity index (χ1n) is 7.99. The van der Waals surface area contributed by atoms with Gasteiger partial charge in [-0.1, -0.05) is 12.1 Å². The Morgan fingerprint density at radius 3 is 2.39 bits per heavy atom. The fourth-order valence-electron chi connectivity index (χ4n) is 2.06. The number of sulfonamides is 1. The Bertz CT molecular complexity index is 989. The first kappa shape index (κ1) is 21.2. The molecule has 0 saturated carbocycles. The molecule has 0 heterocycles. The van der Waals surface area contributed by atoms with Gasteiger partial charge >= 0.3 is 5.97 Å². The summed E-state index contributed by atoms with van der Waals surface area (Å²) in [5.74, 6) is -2.40. The minimum Gasteiger partial charge on any atom is -0.455 e. The second kappa shape index (κ2) is 9.20. The fourth-order valence-corrected chi connectivity index (χ4v) is 3.03. The van der Waals surface area contributed by atoms with Crippen molar-refractivity contribution in [3.63, 3.8) is 0 Å². The van der Waals surface area contributed by atoms with Gasteiger partial charge in [0.25, 0.3) is 5.91 Å². The zero-order valence-electron chi connectivity index (χ0n) is 14.8. The van der Waals surface area contributed by atoms with Crippen LogP contribution in [0, 0.1) is 5.82 Å². The van der Waals surface area contributed by atoms with Crippen molar-refractivity contribution in [1.82, 2.24) is 4.72 Å². The van der Waals surface area contributed by atoms with Gasteiger partial charge in [0.15, 0.2) is 12.4 Å². The zero-order valence-corrected chi connectivity index (χ0v) is 15.6. The van der Waals surface area contributed by atoms with Crippen molar-refractivity contribution in [2.75, 3.05) is 18.5 Å². The third kappa shape index (κ3) is 6.25. The van der Waals surface area contributed by atoms with E-state index in [1.54, 1.807) is 18.2 Å². The zero-order chi connectivity index (χ0) is 20.7. The van der Waals surface area contributed by atoms with Gasteiger partial charge in [-0.15, -0.1) is 0 Å². The molecule has 0 bridgehead atoms. The van der Waals surface area contributed by atoms with E-state index in [4.69, 9.17) is 4.74 Å². The first-order chi connectivity index (χ1) is 13.2. The first-order valence-corrected chi connectivity index (χ1v) is 9.47. The molecule has 2 aromatic rings. The summed E-state index contributed by atoms with van der Waals surface area (Å²) in [6.45, 7) is 0.0456. The number of nitrogens with one attached hydrogen (secondary N) is 2. The maximum absolute atomic E-state index is 12.8. The molecule has 0 aliphatic heterocycles. The van der Waals surface area contributed by atoms with Gasteiger partial charge in [-0.3, -0.25) is 14.4 Å². The minimum atomic E-state index is -4.02.